The normalized spacial score (nSPS) is 20.9. The zero-order valence-corrected chi connectivity index (χ0v) is 24.3. The van der Waals surface area contributed by atoms with Crippen molar-refractivity contribution in [3.8, 4) is 11.1 Å². The molecular formula is C29H35N3O7P+. The summed E-state index contributed by atoms with van der Waals surface area (Å²) >= 11 is 0. The molecule has 0 amide bonds. The standard InChI is InChI=1S/C29H35N3O7P/c1-19-16-20(2)39-40(36,38-19)28-22(4)30-21(3)26(27(28)24-12-9-13-25(17-24)32(34)35)29(33)37-15-14-31(5)18-23-10-7-6-8-11-23/h6-13,17,19-20,36H,14-16,18H2,1-5H3/q+1. The molecular weight excluding hydrogens is 533 g/mol. The minimum absolute atomic E-state index is 0.110. The number of hydrogen-bond donors (Lipinski definition) is 1. The summed E-state index contributed by atoms with van der Waals surface area (Å²) in [5, 5.41) is 11.8. The number of carbonyl (C=O) groups is 1. The molecule has 1 aliphatic rings. The molecule has 10 nitrogen and oxygen atoms in total. The Bertz CT molecular complexity index is 1380. The van der Waals surface area contributed by atoms with E-state index in [0.717, 1.165) is 5.56 Å². The SMILES string of the molecule is Cc1nc(C)c([P+]2(O)OC(C)CC(C)O2)c(-c2cccc([N+](=O)[O-])c2)c1C(=O)OCCN(C)Cc1ccccc1. The van der Waals surface area contributed by atoms with Gasteiger partial charge in [-0.05, 0) is 45.9 Å². The predicted molar refractivity (Wildman–Crippen MR) is 153 cm³/mol. The lowest BCUT2D eigenvalue weighted by Crippen LogP contribution is -2.35. The van der Waals surface area contributed by atoms with Crippen LogP contribution in [-0.4, -0.2) is 58.1 Å². The van der Waals surface area contributed by atoms with Gasteiger partial charge in [-0.1, -0.05) is 42.5 Å². The number of nitro groups is 1. The average molecular weight is 569 g/mol. The van der Waals surface area contributed by atoms with Crippen LogP contribution in [-0.2, 0) is 20.3 Å². The van der Waals surface area contributed by atoms with Gasteiger partial charge in [0, 0.05) is 31.6 Å². The molecule has 0 bridgehead atoms. The van der Waals surface area contributed by atoms with Gasteiger partial charge in [-0.25, -0.2) is 4.79 Å². The molecule has 40 heavy (non-hydrogen) atoms. The smallest absolute Gasteiger partial charge is 0.449 e. The van der Waals surface area contributed by atoms with Gasteiger partial charge < -0.3 is 4.74 Å². The fourth-order valence-electron chi connectivity index (χ4n) is 5.00. The molecule has 4 rings (SSSR count). The maximum absolute atomic E-state index is 13.6. The Labute approximate surface area is 234 Å². The Morgan fingerprint density at radius 2 is 1.80 bits per heavy atom. The Morgan fingerprint density at radius 3 is 2.45 bits per heavy atom. The maximum Gasteiger partial charge on any atom is 0.449 e. The third-order valence-corrected chi connectivity index (χ3v) is 9.07. The number of pyridine rings is 1. The lowest BCUT2D eigenvalue weighted by atomic mass is 9.97. The molecule has 212 valence electrons. The molecule has 1 N–H and O–H groups in total. The molecule has 1 saturated heterocycles. The first-order valence-corrected chi connectivity index (χ1v) is 14.7. The summed E-state index contributed by atoms with van der Waals surface area (Å²) in [6.45, 7) is 8.34. The van der Waals surface area contributed by atoms with Gasteiger partial charge in [0.1, 0.15) is 18.8 Å². The van der Waals surface area contributed by atoms with Gasteiger partial charge in [0.15, 0.2) is 0 Å². The topological polar surface area (TPSA) is 124 Å². The van der Waals surface area contributed by atoms with Gasteiger partial charge >= 0.3 is 13.9 Å². The van der Waals surface area contributed by atoms with Crippen LogP contribution in [0.5, 0.6) is 0 Å². The van der Waals surface area contributed by atoms with Gasteiger partial charge in [0.05, 0.1) is 27.4 Å². The van der Waals surface area contributed by atoms with E-state index in [2.05, 4.69) is 4.98 Å². The van der Waals surface area contributed by atoms with E-state index in [1.54, 1.807) is 19.9 Å². The zero-order chi connectivity index (χ0) is 29.0. The van der Waals surface area contributed by atoms with Crippen molar-refractivity contribution in [3.05, 3.63) is 87.2 Å². The lowest BCUT2D eigenvalue weighted by molar-refractivity contribution is -0.384. The maximum atomic E-state index is 13.6. The van der Waals surface area contributed by atoms with Crippen LogP contribution < -0.4 is 5.30 Å². The molecule has 2 heterocycles. The van der Waals surface area contributed by atoms with E-state index in [0.29, 0.717) is 36.5 Å². The first-order valence-electron chi connectivity index (χ1n) is 13.1. The van der Waals surface area contributed by atoms with Crippen LogP contribution in [0, 0.1) is 24.0 Å². The van der Waals surface area contributed by atoms with Crippen molar-refractivity contribution in [2.75, 3.05) is 20.2 Å². The highest BCUT2D eigenvalue weighted by Crippen LogP contribution is 2.63. The summed E-state index contributed by atoms with van der Waals surface area (Å²) in [4.78, 5) is 43.2. The van der Waals surface area contributed by atoms with Crippen molar-refractivity contribution in [2.24, 2.45) is 0 Å². The first-order chi connectivity index (χ1) is 19.0. The number of esters is 1. The quantitative estimate of drug-likeness (QED) is 0.161. The van der Waals surface area contributed by atoms with Gasteiger partial charge in [-0.2, -0.15) is 13.9 Å². The third kappa shape index (κ3) is 6.71. The Hall–Kier alpha value is -3.27. The molecule has 2 aromatic carbocycles. The molecule has 0 saturated carbocycles. The van der Waals surface area contributed by atoms with Gasteiger partial charge in [0.2, 0.25) is 5.30 Å². The van der Waals surface area contributed by atoms with Crippen molar-refractivity contribution in [3.63, 3.8) is 0 Å². The molecule has 0 aliphatic carbocycles. The molecule has 0 radical (unpaired) electrons. The highest BCUT2D eigenvalue weighted by atomic mass is 31.2. The van der Waals surface area contributed by atoms with Crippen molar-refractivity contribution in [1.29, 1.82) is 0 Å². The lowest BCUT2D eigenvalue weighted by Gasteiger charge is -2.31. The summed E-state index contributed by atoms with van der Waals surface area (Å²) in [5.41, 5.74) is 2.50. The molecule has 1 fully saturated rings. The van der Waals surface area contributed by atoms with Crippen molar-refractivity contribution in [1.82, 2.24) is 9.88 Å². The van der Waals surface area contributed by atoms with Gasteiger partial charge in [-0.15, -0.1) is 0 Å². The summed E-state index contributed by atoms with van der Waals surface area (Å²) in [6, 6.07) is 15.9. The second kappa shape index (κ2) is 12.5. The van der Waals surface area contributed by atoms with Crippen LogP contribution in [0.15, 0.2) is 54.6 Å². The highest BCUT2D eigenvalue weighted by molar-refractivity contribution is 7.69. The third-order valence-electron chi connectivity index (χ3n) is 6.67. The number of rotatable bonds is 9. The Balaban J connectivity index is 1.73. The first kappa shape index (κ1) is 29.7. The van der Waals surface area contributed by atoms with E-state index in [1.165, 1.54) is 18.2 Å². The number of hydrogen-bond acceptors (Lipinski definition) is 9. The molecule has 2 atom stereocenters. The second-order valence-corrected chi connectivity index (χ2v) is 12.0. The van der Waals surface area contributed by atoms with Crippen LogP contribution in [0.4, 0.5) is 5.69 Å². The average Bonchev–Trinajstić information content (AvgIpc) is 2.87. The number of non-ortho nitro benzene ring substituents is 1. The fourth-order valence-corrected chi connectivity index (χ4v) is 7.39. The van der Waals surface area contributed by atoms with Crippen LogP contribution in [0.25, 0.3) is 11.1 Å². The van der Waals surface area contributed by atoms with Crippen LogP contribution in [0.2, 0.25) is 0 Å². The number of nitrogens with zero attached hydrogens (tertiary/aromatic N) is 3. The number of nitro benzene ring substituents is 1. The molecule has 1 aliphatic heterocycles. The summed E-state index contributed by atoms with van der Waals surface area (Å²) in [7, 11) is -1.79. The molecule has 0 spiro atoms. The second-order valence-electron chi connectivity index (χ2n) is 10.1. The fraction of sp³-hybridized carbons (Fsp3) is 0.379. The minimum atomic E-state index is -3.72. The Kier molecular flexibility index (Phi) is 9.28. The number of carbonyl (C=O) groups excluding carboxylic acids is 1. The summed E-state index contributed by atoms with van der Waals surface area (Å²) in [6.07, 6.45) is -0.0364. The van der Waals surface area contributed by atoms with E-state index >= 15 is 0 Å². The largest absolute Gasteiger partial charge is 0.461 e. The minimum Gasteiger partial charge on any atom is -0.461 e. The predicted octanol–water partition coefficient (Wildman–Crippen LogP) is 5.16. The molecule has 1 aromatic heterocycles. The van der Waals surface area contributed by atoms with E-state index < -0.39 is 18.8 Å². The number of likely N-dealkylation sites (N-methyl/N-ethyl adjacent to an activating group) is 1. The molecule has 3 aromatic rings. The van der Waals surface area contributed by atoms with Crippen molar-refractivity contribution < 1.29 is 28.4 Å². The van der Waals surface area contributed by atoms with Gasteiger partial charge in [-0.3, -0.25) is 20.0 Å². The van der Waals surface area contributed by atoms with Crippen molar-refractivity contribution >= 4 is 24.9 Å². The zero-order valence-electron chi connectivity index (χ0n) is 23.4. The van der Waals surface area contributed by atoms with E-state index in [4.69, 9.17) is 13.8 Å². The monoisotopic (exact) mass is 568 g/mol. The summed E-state index contributed by atoms with van der Waals surface area (Å²) < 4.78 is 17.7. The highest BCUT2D eigenvalue weighted by Gasteiger charge is 2.55. The van der Waals surface area contributed by atoms with Crippen LogP contribution in [0.3, 0.4) is 0 Å². The number of ether oxygens (including phenoxy) is 1. The number of aryl methyl sites for hydroxylation is 2. The molecule has 11 heteroatoms. The Morgan fingerprint density at radius 1 is 1.12 bits per heavy atom. The summed E-state index contributed by atoms with van der Waals surface area (Å²) in [5.74, 6) is -0.648. The number of aromatic nitrogens is 1. The van der Waals surface area contributed by atoms with E-state index in [1.807, 2.05) is 56.1 Å². The number of benzene rings is 2. The van der Waals surface area contributed by atoms with E-state index in [9.17, 15) is 19.8 Å². The van der Waals surface area contributed by atoms with Crippen LogP contribution in [0.1, 0.15) is 47.6 Å². The molecule has 2 unspecified atom stereocenters. The van der Waals surface area contributed by atoms with E-state index in [-0.39, 0.29) is 40.9 Å². The van der Waals surface area contributed by atoms with Crippen LogP contribution >= 0.6 is 7.94 Å². The van der Waals surface area contributed by atoms with Crippen molar-refractivity contribution in [2.45, 2.75) is 52.9 Å². The van der Waals surface area contributed by atoms with Gasteiger partial charge in [0.25, 0.3) is 5.69 Å².